The zero-order chi connectivity index (χ0) is 11.5. The Balaban J connectivity index is 1.83. The first-order valence-electron chi connectivity index (χ1n) is 6.64. The summed E-state index contributed by atoms with van der Waals surface area (Å²) in [6.45, 7) is 2.26. The SMILES string of the molecule is CCCCCCCCCCC1=C[N]C=CO1. The molecule has 0 bridgehead atoms. The molecule has 0 amide bonds. The fourth-order valence-electron chi connectivity index (χ4n) is 1.87. The summed E-state index contributed by atoms with van der Waals surface area (Å²) in [5, 5.41) is 4.04. The predicted octanol–water partition coefficient (Wildman–Crippen LogP) is 4.46. The Hall–Kier alpha value is -0.920. The monoisotopic (exact) mass is 222 g/mol. The molecule has 0 saturated heterocycles. The number of hydrogen-bond acceptors (Lipinski definition) is 1. The minimum Gasteiger partial charge on any atom is -0.466 e. The normalized spacial score (nSPS) is 14.2. The molecule has 0 N–H and O–H groups in total. The van der Waals surface area contributed by atoms with Gasteiger partial charge in [-0.15, -0.1) is 0 Å². The van der Waals surface area contributed by atoms with E-state index in [-0.39, 0.29) is 0 Å². The number of unbranched alkanes of at least 4 members (excludes halogenated alkanes) is 7. The Kier molecular flexibility index (Phi) is 7.65. The van der Waals surface area contributed by atoms with E-state index in [1.165, 1.54) is 51.4 Å². The van der Waals surface area contributed by atoms with E-state index in [1.807, 2.05) is 6.20 Å². The summed E-state index contributed by atoms with van der Waals surface area (Å²) < 4.78 is 5.32. The van der Waals surface area contributed by atoms with E-state index < -0.39 is 0 Å². The average Bonchev–Trinajstić information content (AvgIpc) is 2.34. The second-order valence-corrected chi connectivity index (χ2v) is 4.37. The van der Waals surface area contributed by atoms with E-state index in [0.717, 1.165) is 12.2 Å². The number of ether oxygens (including phenoxy) is 1. The maximum Gasteiger partial charge on any atom is 0.121 e. The molecule has 0 saturated carbocycles. The third-order valence-corrected chi connectivity index (χ3v) is 2.86. The molecule has 1 aliphatic heterocycles. The summed E-state index contributed by atoms with van der Waals surface area (Å²) in [7, 11) is 0. The molecule has 1 aliphatic rings. The van der Waals surface area contributed by atoms with Gasteiger partial charge in [-0.25, -0.2) is 0 Å². The van der Waals surface area contributed by atoms with Crippen LogP contribution in [-0.2, 0) is 4.74 Å². The highest BCUT2D eigenvalue weighted by Crippen LogP contribution is 2.14. The maximum atomic E-state index is 5.32. The van der Waals surface area contributed by atoms with Gasteiger partial charge in [0.15, 0.2) is 0 Å². The molecule has 2 heteroatoms. The van der Waals surface area contributed by atoms with Crippen LogP contribution in [0.1, 0.15) is 64.7 Å². The van der Waals surface area contributed by atoms with Gasteiger partial charge in [-0.05, 0) is 6.42 Å². The minimum atomic E-state index is 1.01. The molecule has 1 radical (unpaired) electrons. The molecule has 0 aromatic heterocycles. The van der Waals surface area contributed by atoms with Gasteiger partial charge in [0.25, 0.3) is 0 Å². The van der Waals surface area contributed by atoms with Crippen LogP contribution in [0.3, 0.4) is 0 Å². The summed E-state index contributed by atoms with van der Waals surface area (Å²) in [6, 6.07) is 0. The van der Waals surface area contributed by atoms with Crippen LogP contribution in [0.4, 0.5) is 0 Å². The van der Waals surface area contributed by atoms with Gasteiger partial charge in [0.1, 0.15) is 12.0 Å². The Morgan fingerprint density at radius 3 is 2.31 bits per heavy atom. The van der Waals surface area contributed by atoms with E-state index in [4.69, 9.17) is 4.74 Å². The molecule has 0 unspecified atom stereocenters. The third-order valence-electron chi connectivity index (χ3n) is 2.86. The Morgan fingerprint density at radius 2 is 1.69 bits per heavy atom. The lowest BCUT2D eigenvalue weighted by Gasteiger charge is -2.08. The fourth-order valence-corrected chi connectivity index (χ4v) is 1.87. The zero-order valence-electron chi connectivity index (χ0n) is 10.5. The first kappa shape index (κ1) is 13.1. The van der Waals surface area contributed by atoms with Gasteiger partial charge in [-0.3, -0.25) is 5.32 Å². The molecular formula is C14H24NO. The molecule has 1 heterocycles. The summed E-state index contributed by atoms with van der Waals surface area (Å²) >= 11 is 0. The van der Waals surface area contributed by atoms with Gasteiger partial charge < -0.3 is 4.74 Å². The molecule has 0 aromatic rings. The largest absolute Gasteiger partial charge is 0.466 e. The molecular weight excluding hydrogens is 198 g/mol. The van der Waals surface area contributed by atoms with Crippen molar-refractivity contribution in [2.45, 2.75) is 64.7 Å². The van der Waals surface area contributed by atoms with Gasteiger partial charge >= 0.3 is 0 Å². The molecule has 0 fully saturated rings. The van der Waals surface area contributed by atoms with Crippen LogP contribution in [-0.4, -0.2) is 0 Å². The van der Waals surface area contributed by atoms with Gasteiger partial charge in [0.2, 0.25) is 0 Å². The molecule has 0 aromatic carbocycles. The van der Waals surface area contributed by atoms with Crippen LogP contribution in [0.2, 0.25) is 0 Å². The maximum absolute atomic E-state index is 5.32. The summed E-state index contributed by atoms with van der Waals surface area (Å²) in [5.41, 5.74) is 0. The first-order valence-corrected chi connectivity index (χ1v) is 6.64. The molecule has 1 rings (SSSR count). The molecule has 0 aliphatic carbocycles. The van der Waals surface area contributed by atoms with Crippen molar-refractivity contribution in [1.29, 1.82) is 0 Å². The van der Waals surface area contributed by atoms with Gasteiger partial charge in [0, 0.05) is 6.42 Å². The number of hydrogen-bond donors (Lipinski definition) is 0. The van der Waals surface area contributed by atoms with Crippen molar-refractivity contribution in [3.8, 4) is 0 Å². The van der Waals surface area contributed by atoms with Crippen molar-refractivity contribution in [3.63, 3.8) is 0 Å². The van der Waals surface area contributed by atoms with Gasteiger partial charge in [-0.2, -0.15) is 0 Å². The third kappa shape index (κ3) is 6.54. The fraction of sp³-hybridized carbons (Fsp3) is 0.714. The highest BCUT2D eigenvalue weighted by molar-refractivity contribution is 5.00. The quantitative estimate of drug-likeness (QED) is 0.528. The summed E-state index contributed by atoms with van der Waals surface area (Å²) in [4.78, 5) is 0. The van der Waals surface area contributed by atoms with Crippen molar-refractivity contribution in [1.82, 2.24) is 5.32 Å². The second kappa shape index (κ2) is 9.32. The lowest BCUT2D eigenvalue weighted by atomic mass is 10.1. The van der Waals surface area contributed by atoms with Crippen molar-refractivity contribution in [2.24, 2.45) is 0 Å². The van der Waals surface area contributed by atoms with Crippen molar-refractivity contribution < 1.29 is 4.74 Å². The van der Waals surface area contributed by atoms with Crippen LogP contribution in [0.5, 0.6) is 0 Å². The summed E-state index contributed by atoms with van der Waals surface area (Å²) in [6.07, 6.45) is 17.0. The standard InChI is InChI=1S/C14H24NO/c1-2-3-4-5-6-7-8-9-10-14-13-15-11-12-16-14/h11-13H,2-10H2,1H3. The first-order chi connectivity index (χ1) is 7.93. The zero-order valence-corrected chi connectivity index (χ0v) is 10.5. The second-order valence-electron chi connectivity index (χ2n) is 4.37. The molecule has 0 spiro atoms. The highest BCUT2D eigenvalue weighted by Gasteiger charge is 2.00. The Bertz CT molecular complexity index is 221. The van der Waals surface area contributed by atoms with E-state index in [0.29, 0.717) is 0 Å². The predicted molar refractivity (Wildman–Crippen MR) is 67.7 cm³/mol. The number of rotatable bonds is 9. The molecule has 0 atom stereocenters. The van der Waals surface area contributed by atoms with Crippen LogP contribution in [0.15, 0.2) is 24.4 Å². The smallest absolute Gasteiger partial charge is 0.121 e. The lowest BCUT2D eigenvalue weighted by Crippen LogP contribution is -1.97. The van der Waals surface area contributed by atoms with E-state index in [1.54, 1.807) is 12.5 Å². The van der Waals surface area contributed by atoms with E-state index >= 15 is 0 Å². The van der Waals surface area contributed by atoms with Crippen molar-refractivity contribution in [3.05, 3.63) is 24.4 Å². The van der Waals surface area contributed by atoms with E-state index in [2.05, 4.69) is 12.2 Å². The molecule has 91 valence electrons. The number of nitrogens with zero attached hydrogens (tertiary/aromatic N) is 1. The lowest BCUT2D eigenvalue weighted by molar-refractivity contribution is 0.315. The van der Waals surface area contributed by atoms with Crippen molar-refractivity contribution >= 4 is 0 Å². The van der Waals surface area contributed by atoms with Crippen molar-refractivity contribution in [2.75, 3.05) is 0 Å². The number of allylic oxidation sites excluding steroid dienone is 1. The highest BCUT2D eigenvalue weighted by atomic mass is 16.5. The van der Waals surface area contributed by atoms with Gasteiger partial charge in [-0.1, -0.05) is 51.9 Å². The Labute approximate surface area is 99.8 Å². The molecule has 2 nitrogen and oxygen atoms in total. The van der Waals surface area contributed by atoms with Crippen LogP contribution < -0.4 is 5.32 Å². The van der Waals surface area contributed by atoms with Crippen LogP contribution in [0, 0.1) is 0 Å². The minimum absolute atomic E-state index is 1.01. The summed E-state index contributed by atoms with van der Waals surface area (Å²) in [5.74, 6) is 1.01. The average molecular weight is 222 g/mol. The van der Waals surface area contributed by atoms with Gasteiger partial charge in [0.05, 0.1) is 12.4 Å². The Morgan fingerprint density at radius 1 is 1.00 bits per heavy atom. The van der Waals surface area contributed by atoms with Crippen LogP contribution >= 0.6 is 0 Å². The molecule has 16 heavy (non-hydrogen) atoms. The topological polar surface area (TPSA) is 23.3 Å². The van der Waals surface area contributed by atoms with E-state index in [9.17, 15) is 0 Å². The van der Waals surface area contributed by atoms with Crippen LogP contribution in [0.25, 0.3) is 0 Å².